The minimum Gasteiger partial charge on any atom is -0.492 e. The number of likely N-dealkylation sites (tertiary alicyclic amines) is 1. The number of benzene rings is 2. The van der Waals surface area contributed by atoms with Crippen LogP contribution in [0.4, 0.5) is 8.78 Å². The van der Waals surface area contributed by atoms with Gasteiger partial charge in [-0.05, 0) is 75.3 Å². The van der Waals surface area contributed by atoms with Crippen LogP contribution in [-0.2, 0) is 13.0 Å². The van der Waals surface area contributed by atoms with Crippen LogP contribution in [0.1, 0.15) is 81.8 Å². The molecule has 3 aliphatic rings. The molecule has 10 heteroatoms. The molecule has 3 heterocycles. The Hall–Kier alpha value is -3.56. The summed E-state index contributed by atoms with van der Waals surface area (Å²) in [6.45, 7) is 6.58. The highest BCUT2D eigenvalue weighted by Crippen LogP contribution is 2.51. The molecule has 6 rings (SSSR count). The van der Waals surface area contributed by atoms with E-state index in [1.807, 2.05) is 11.8 Å². The van der Waals surface area contributed by atoms with Gasteiger partial charge in [0.1, 0.15) is 17.4 Å². The zero-order valence-corrected chi connectivity index (χ0v) is 25.0. The van der Waals surface area contributed by atoms with Crippen molar-refractivity contribution >= 4 is 23.5 Å². The van der Waals surface area contributed by atoms with Crippen LogP contribution in [0, 0.1) is 18.6 Å². The highest BCUT2D eigenvalue weighted by Gasteiger charge is 2.35. The SMILES string of the molecule is CCOc1c(CN2CCC(N3CCc4nc(C)c(C(=O)O)cc4C3=O)CC2)cc(C2CC2)c(-c2ccc(F)cc2F)c1Cl. The van der Waals surface area contributed by atoms with Crippen molar-refractivity contribution in [3.8, 4) is 16.9 Å². The summed E-state index contributed by atoms with van der Waals surface area (Å²) in [7, 11) is 0. The van der Waals surface area contributed by atoms with Crippen LogP contribution in [0.3, 0.4) is 0 Å². The lowest BCUT2D eigenvalue weighted by Crippen LogP contribution is -2.50. The van der Waals surface area contributed by atoms with E-state index in [0.29, 0.717) is 59.4 Å². The van der Waals surface area contributed by atoms with Crippen molar-refractivity contribution in [3.05, 3.63) is 80.6 Å². The van der Waals surface area contributed by atoms with Gasteiger partial charge >= 0.3 is 5.97 Å². The van der Waals surface area contributed by atoms with Crippen LogP contribution in [0.25, 0.3) is 11.1 Å². The van der Waals surface area contributed by atoms with E-state index >= 15 is 0 Å². The van der Waals surface area contributed by atoms with Crippen LogP contribution >= 0.6 is 11.6 Å². The minimum atomic E-state index is -1.08. The van der Waals surface area contributed by atoms with E-state index in [-0.39, 0.29) is 29.0 Å². The van der Waals surface area contributed by atoms with Crippen molar-refractivity contribution in [3.63, 3.8) is 0 Å². The number of piperidine rings is 1. The zero-order valence-electron chi connectivity index (χ0n) is 24.3. The van der Waals surface area contributed by atoms with E-state index in [2.05, 4.69) is 16.0 Å². The van der Waals surface area contributed by atoms with Gasteiger partial charge in [-0.2, -0.15) is 0 Å². The van der Waals surface area contributed by atoms with Crippen molar-refractivity contribution in [2.24, 2.45) is 0 Å². The number of aromatic nitrogens is 1. The van der Waals surface area contributed by atoms with E-state index in [4.69, 9.17) is 16.3 Å². The molecule has 0 atom stereocenters. The van der Waals surface area contributed by atoms with Gasteiger partial charge in [-0.1, -0.05) is 11.6 Å². The van der Waals surface area contributed by atoms with E-state index < -0.39 is 17.6 Å². The second-order valence-corrected chi connectivity index (χ2v) is 12.0. The number of amides is 1. The number of hydrogen-bond donors (Lipinski definition) is 1. The van der Waals surface area contributed by atoms with Crippen molar-refractivity contribution < 1.29 is 28.2 Å². The molecule has 2 aromatic carbocycles. The number of carboxylic acid groups (broad SMARTS) is 1. The number of aromatic carboxylic acids is 1. The fourth-order valence-corrected chi connectivity index (χ4v) is 6.90. The van der Waals surface area contributed by atoms with Crippen molar-refractivity contribution in [1.29, 1.82) is 0 Å². The van der Waals surface area contributed by atoms with Gasteiger partial charge in [0, 0.05) is 61.4 Å². The van der Waals surface area contributed by atoms with Gasteiger partial charge in [0.25, 0.3) is 5.91 Å². The first-order chi connectivity index (χ1) is 20.7. The third kappa shape index (κ3) is 5.72. The predicted octanol–water partition coefficient (Wildman–Crippen LogP) is 6.63. The largest absolute Gasteiger partial charge is 0.492 e. The van der Waals surface area contributed by atoms with Gasteiger partial charge in [-0.25, -0.2) is 13.6 Å². The Balaban J connectivity index is 1.21. The lowest BCUT2D eigenvalue weighted by molar-refractivity contribution is 0.0543. The molecule has 1 aliphatic carbocycles. The van der Waals surface area contributed by atoms with E-state index in [9.17, 15) is 23.5 Å². The number of pyridine rings is 1. The highest BCUT2D eigenvalue weighted by molar-refractivity contribution is 6.35. The molecule has 3 aromatic rings. The lowest BCUT2D eigenvalue weighted by Gasteiger charge is -2.40. The van der Waals surface area contributed by atoms with Crippen molar-refractivity contribution in [1.82, 2.24) is 14.8 Å². The normalized spacial score (nSPS) is 17.7. The molecule has 0 bridgehead atoms. The summed E-state index contributed by atoms with van der Waals surface area (Å²) in [4.78, 5) is 33.7. The third-order valence-corrected chi connectivity index (χ3v) is 9.19. The number of ether oxygens (including phenoxy) is 1. The number of aryl methyl sites for hydroxylation is 1. The second kappa shape index (κ2) is 11.8. The Bertz CT molecular complexity index is 1600. The van der Waals surface area contributed by atoms with Crippen molar-refractivity contribution in [2.45, 2.75) is 64.5 Å². The third-order valence-electron chi connectivity index (χ3n) is 8.83. The van der Waals surface area contributed by atoms with Gasteiger partial charge in [-0.3, -0.25) is 14.7 Å². The van der Waals surface area contributed by atoms with Crippen LogP contribution in [0.2, 0.25) is 5.02 Å². The minimum absolute atomic E-state index is 0.0484. The summed E-state index contributed by atoms with van der Waals surface area (Å²) in [5.41, 5.74) is 4.28. The van der Waals surface area contributed by atoms with Crippen LogP contribution < -0.4 is 4.74 Å². The monoisotopic (exact) mass is 609 g/mol. The average Bonchev–Trinajstić information content (AvgIpc) is 3.81. The maximum atomic E-state index is 14.9. The first-order valence-corrected chi connectivity index (χ1v) is 15.2. The fourth-order valence-electron chi connectivity index (χ4n) is 6.52. The quantitative estimate of drug-likeness (QED) is 0.309. The average molecular weight is 610 g/mol. The molecule has 0 radical (unpaired) electrons. The molecular formula is C33H34ClF2N3O4. The van der Waals surface area contributed by atoms with Gasteiger partial charge in [0.05, 0.1) is 34.1 Å². The van der Waals surface area contributed by atoms with E-state index in [1.54, 1.807) is 6.92 Å². The first kappa shape index (κ1) is 29.5. The standard InChI is InChI=1S/C33H34ClF2N3O4/c1-3-43-31-20(14-25(19-4-5-19)29(30(31)34)23-7-6-21(35)15-27(23)36)17-38-11-8-22(9-12-38)39-13-10-28-26(32(39)40)16-24(33(41)42)18(2)37-28/h6-7,14-16,19,22H,3-5,8-13,17H2,1-2H3,(H,41,42). The summed E-state index contributed by atoms with van der Waals surface area (Å²) in [6.07, 6.45) is 4.13. The first-order valence-electron chi connectivity index (χ1n) is 14.9. The number of carbonyl (C=O) groups excluding carboxylic acids is 1. The molecule has 1 N–H and O–H groups in total. The molecular weight excluding hydrogens is 576 g/mol. The van der Waals surface area contributed by atoms with Crippen molar-refractivity contribution in [2.75, 3.05) is 26.2 Å². The molecule has 2 fully saturated rings. The van der Waals surface area contributed by atoms with Gasteiger partial charge < -0.3 is 14.7 Å². The maximum Gasteiger partial charge on any atom is 0.337 e. The number of halogens is 3. The van der Waals surface area contributed by atoms with Gasteiger partial charge in [0.15, 0.2) is 0 Å². The molecule has 226 valence electrons. The molecule has 1 saturated carbocycles. The van der Waals surface area contributed by atoms with Gasteiger partial charge in [0.2, 0.25) is 0 Å². The number of hydrogen-bond acceptors (Lipinski definition) is 5. The number of rotatable bonds is 8. The zero-order chi connectivity index (χ0) is 30.4. The number of carboxylic acids is 1. The molecule has 0 spiro atoms. The summed E-state index contributed by atoms with van der Waals surface area (Å²) in [5, 5.41) is 9.87. The highest BCUT2D eigenvalue weighted by atomic mass is 35.5. The second-order valence-electron chi connectivity index (χ2n) is 11.7. The molecule has 0 unspecified atom stereocenters. The van der Waals surface area contributed by atoms with E-state index in [1.165, 1.54) is 18.2 Å². The van der Waals surface area contributed by atoms with Crippen LogP contribution in [-0.4, -0.2) is 64.0 Å². The lowest BCUT2D eigenvalue weighted by atomic mass is 9.92. The Morgan fingerprint density at radius 2 is 1.84 bits per heavy atom. The molecule has 1 saturated heterocycles. The molecule has 2 aliphatic heterocycles. The maximum absolute atomic E-state index is 14.9. The Morgan fingerprint density at radius 3 is 2.49 bits per heavy atom. The smallest absolute Gasteiger partial charge is 0.337 e. The van der Waals surface area contributed by atoms with Crippen LogP contribution in [0.15, 0.2) is 30.3 Å². The van der Waals surface area contributed by atoms with Gasteiger partial charge in [-0.15, -0.1) is 0 Å². The summed E-state index contributed by atoms with van der Waals surface area (Å²) in [5.74, 6) is -1.74. The molecule has 7 nitrogen and oxygen atoms in total. The molecule has 1 amide bonds. The summed E-state index contributed by atoms with van der Waals surface area (Å²) < 4.78 is 34.7. The number of nitrogens with zero attached hydrogens (tertiary/aromatic N) is 3. The molecule has 43 heavy (non-hydrogen) atoms. The topological polar surface area (TPSA) is 83.0 Å². The van der Waals surface area contributed by atoms with E-state index in [0.717, 1.165) is 56.0 Å². The number of carbonyl (C=O) groups is 2. The summed E-state index contributed by atoms with van der Waals surface area (Å²) in [6, 6.07) is 7.18. The van der Waals surface area contributed by atoms with Crippen LogP contribution in [0.5, 0.6) is 5.75 Å². The fraction of sp³-hybridized carbons (Fsp3) is 0.424. The summed E-state index contributed by atoms with van der Waals surface area (Å²) >= 11 is 6.97. The predicted molar refractivity (Wildman–Crippen MR) is 159 cm³/mol. The molecule has 1 aromatic heterocycles. The Kier molecular flexibility index (Phi) is 8.13. The number of fused-ring (bicyclic) bond motifs is 1. The Labute approximate surface area is 254 Å². The Morgan fingerprint density at radius 1 is 1.09 bits per heavy atom.